The first-order valence-corrected chi connectivity index (χ1v) is 34.1. The maximum atomic E-state index is 12.5. The molecule has 0 rings (SSSR count). The SMILES string of the molecule is CCCCCCCCC/C=C\CCCCCCCCCC(=O)OCCCCCC/C=C\CCCCCCCCCC(=O)NC(CO)C(O)CCCCCCCCCCCCCCCCCCCCCCCCCCC. The zero-order chi connectivity index (χ0) is 54.3. The first-order valence-electron chi connectivity index (χ1n) is 34.1. The minimum absolute atomic E-state index is 0.0117. The summed E-state index contributed by atoms with van der Waals surface area (Å²) in [5.41, 5.74) is 0. The highest BCUT2D eigenvalue weighted by molar-refractivity contribution is 5.76. The number of allylic oxidation sites excluding steroid dienone is 4. The van der Waals surface area contributed by atoms with Crippen molar-refractivity contribution >= 4 is 11.9 Å². The minimum Gasteiger partial charge on any atom is -0.466 e. The molecule has 3 N–H and O–H groups in total. The van der Waals surface area contributed by atoms with Crippen LogP contribution in [0.1, 0.15) is 380 Å². The molecular formula is C69H133NO5. The fourth-order valence-electron chi connectivity index (χ4n) is 10.7. The van der Waals surface area contributed by atoms with Gasteiger partial charge in [-0.1, -0.05) is 314 Å². The van der Waals surface area contributed by atoms with Crippen LogP contribution in [0.3, 0.4) is 0 Å². The maximum Gasteiger partial charge on any atom is 0.305 e. The van der Waals surface area contributed by atoms with Gasteiger partial charge >= 0.3 is 5.97 Å². The molecule has 6 nitrogen and oxygen atoms in total. The monoisotopic (exact) mass is 1060 g/mol. The number of ether oxygens (including phenoxy) is 1. The number of esters is 1. The van der Waals surface area contributed by atoms with Crippen molar-refractivity contribution in [2.75, 3.05) is 13.2 Å². The Morgan fingerprint density at radius 1 is 0.360 bits per heavy atom. The molecule has 0 bridgehead atoms. The molecule has 0 saturated carbocycles. The molecule has 0 heterocycles. The third-order valence-corrected chi connectivity index (χ3v) is 16.0. The van der Waals surface area contributed by atoms with Gasteiger partial charge in [-0.15, -0.1) is 0 Å². The zero-order valence-electron chi connectivity index (χ0n) is 50.8. The lowest BCUT2D eigenvalue weighted by molar-refractivity contribution is -0.143. The van der Waals surface area contributed by atoms with Crippen molar-refractivity contribution in [3.8, 4) is 0 Å². The first kappa shape index (κ1) is 73.3. The van der Waals surface area contributed by atoms with Crippen LogP contribution in [0.5, 0.6) is 0 Å². The van der Waals surface area contributed by atoms with E-state index in [0.717, 1.165) is 70.6 Å². The van der Waals surface area contributed by atoms with Crippen LogP contribution < -0.4 is 5.32 Å². The van der Waals surface area contributed by atoms with Gasteiger partial charge in [0.15, 0.2) is 0 Å². The predicted molar refractivity (Wildman–Crippen MR) is 329 cm³/mol. The van der Waals surface area contributed by atoms with Crippen LogP contribution in [0.2, 0.25) is 0 Å². The zero-order valence-corrected chi connectivity index (χ0v) is 50.8. The molecule has 0 spiro atoms. The van der Waals surface area contributed by atoms with Crippen LogP contribution in [0.15, 0.2) is 24.3 Å². The lowest BCUT2D eigenvalue weighted by Crippen LogP contribution is -2.45. The Balaban J connectivity index is 3.45. The molecule has 0 aromatic carbocycles. The number of carbonyl (C=O) groups is 2. The van der Waals surface area contributed by atoms with E-state index in [0.29, 0.717) is 25.9 Å². The summed E-state index contributed by atoms with van der Waals surface area (Å²) in [5.74, 6) is -0.0577. The van der Waals surface area contributed by atoms with Crippen LogP contribution in [-0.4, -0.2) is 47.4 Å². The van der Waals surface area contributed by atoms with Crippen molar-refractivity contribution in [3.05, 3.63) is 24.3 Å². The fourth-order valence-corrected chi connectivity index (χ4v) is 10.7. The van der Waals surface area contributed by atoms with Gasteiger partial charge in [-0.2, -0.15) is 0 Å². The van der Waals surface area contributed by atoms with Gasteiger partial charge < -0.3 is 20.3 Å². The molecule has 0 aliphatic rings. The normalized spacial score (nSPS) is 12.6. The summed E-state index contributed by atoms with van der Waals surface area (Å²) in [7, 11) is 0. The van der Waals surface area contributed by atoms with Gasteiger partial charge in [0, 0.05) is 12.8 Å². The number of amides is 1. The maximum absolute atomic E-state index is 12.5. The van der Waals surface area contributed by atoms with E-state index in [1.165, 1.54) is 276 Å². The van der Waals surface area contributed by atoms with Crippen molar-refractivity contribution in [2.45, 2.75) is 392 Å². The number of rotatable bonds is 64. The lowest BCUT2D eigenvalue weighted by atomic mass is 10.0. The standard InChI is InChI=1S/C69H133NO5/c1-3-5-7-9-11-13-15-17-19-21-23-24-25-26-27-28-29-30-33-37-41-45-49-53-57-61-67(72)66(65-71)70-68(73)62-58-54-50-46-42-38-34-32-36-40-44-48-52-56-60-64-75-69(74)63-59-55-51-47-43-39-35-31-22-20-18-16-14-12-10-8-6-4-2/h20,22,36,40,66-67,71-72H,3-19,21,23-35,37-39,41-65H2,1-2H3,(H,70,73)/b22-20-,40-36-. The smallest absolute Gasteiger partial charge is 0.305 e. The molecule has 75 heavy (non-hydrogen) atoms. The second-order valence-electron chi connectivity index (χ2n) is 23.5. The van der Waals surface area contributed by atoms with Gasteiger partial charge in [0.25, 0.3) is 0 Å². The van der Waals surface area contributed by atoms with Crippen LogP contribution in [0.25, 0.3) is 0 Å². The van der Waals surface area contributed by atoms with E-state index in [2.05, 4.69) is 43.5 Å². The lowest BCUT2D eigenvalue weighted by Gasteiger charge is -2.22. The summed E-state index contributed by atoms with van der Waals surface area (Å²) in [4.78, 5) is 24.6. The Kier molecular flexibility index (Phi) is 63.4. The van der Waals surface area contributed by atoms with E-state index in [-0.39, 0.29) is 18.5 Å². The Morgan fingerprint density at radius 3 is 0.947 bits per heavy atom. The second-order valence-corrected chi connectivity index (χ2v) is 23.5. The summed E-state index contributed by atoms with van der Waals surface area (Å²) in [5, 5.41) is 23.4. The van der Waals surface area contributed by atoms with Gasteiger partial charge in [0.2, 0.25) is 5.91 Å². The van der Waals surface area contributed by atoms with Crippen molar-refractivity contribution in [1.82, 2.24) is 5.32 Å². The van der Waals surface area contributed by atoms with Crippen molar-refractivity contribution < 1.29 is 24.5 Å². The Labute approximate surface area is 469 Å². The molecule has 1 amide bonds. The molecule has 2 atom stereocenters. The molecule has 0 aromatic rings. The van der Waals surface area contributed by atoms with Crippen LogP contribution in [-0.2, 0) is 14.3 Å². The van der Waals surface area contributed by atoms with E-state index in [9.17, 15) is 19.8 Å². The number of aliphatic hydroxyl groups excluding tert-OH is 2. The molecule has 0 fully saturated rings. The van der Waals surface area contributed by atoms with Crippen molar-refractivity contribution in [2.24, 2.45) is 0 Å². The Hall–Kier alpha value is -1.66. The van der Waals surface area contributed by atoms with Gasteiger partial charge in [-0.3, -0.25) is 9.59 Å². The number of unbranched alkanes of at least 4 members (excludes halogenated alkanes) is 49. The van der Waals surface area contributed by atoms with Gasteiger partial charge in [0.1, 0.15) is 0 Å². The fraction of sp³-hybridized carbons (Fsp3) is 0.913. The molecule has 2 unspecified atom stereocenters. The Morgan fingerprint density at radius 2 is 0.627 bits per heavy atom. The molecule has 0 aromatic heterocycles. The third kappa shape index (κ3) is 61.4. The minimum atomic E-state index is -0.676. The predicted octanol–water partition coefficient (Wildman–Crippen LogP) is 21.8. The topological polar surface area (TPSA) is 95.9 Å². The van der Waals surface area contributed by atoms with Gasteiger partial charge in [0.05, 0.1) is 25.4 Å². The summed E-state index contributed by atoms with van der Waals surface area (Å²) in [6.45, 7) is 4.95. The highest BCUT2D eigenvalue weighted by Gasteiger charge is 2.20. The summed E-state index contributed by atoms with van der Waals surface area (Å²) in [6.07, 6.45) is 80.6. The quantitative estimate of drug-likeness (QED) is 0.0320. The molecular weight excluding hydrogens is 923 g/mol. The number of hydrogen-bond donors (Lipinski definition) is 3. The number of nitrogens with one attached hydrogen (secondary N) is 1. The second kappa shape index (κ2) is 64.9. The average molecular weight is 1060 g/mol. The molecule has 0 aliphatic carbocycles. The highest BCUT2D eigenvalue weighted by atomic mass is 16.5. The summed E-state index contributed by atoms with van der Waals surface area (Å²) in [6, 6.07) is -0.555. The van der Waals surface area contributed by atoms with Crippen LogP contribution >= 0.6 is 0 Å². The Bertz CT molecular complexity index is 1170. The molecule has 444 valence electrons. The van der Waals surface area contributed by atoms with E-state index < -0.39 is 12.1 Å². The number of hydrogen-bond acceptors (Lipinski definition) is 5. The molecule has 0 radical (unpaired) electrons. The van der Waals surface area contributed by atoms with Gasteiger partial charge in [-0.05, 0) is 77.0 Å². The highest BCUT2D eigenvalue weighted by Crippen LogP contribution is 2.18. The van der Waals surface area contributed by atoms with Crippen LogP contribution in [0.4, 0.5) is 0 Å². The summed E-state index contributed by atoms with van der Waals surface area (Å²) >= 11 is 0. The third-order valence-electron chi connectivity index (χ3n) is 16.0. The number of aliphatic hydroxyl groups is 2. The van der Waals surface area contributed by atoms with Crippen LogP contribution in [0, 0.1) is 0 Å². The average Bonchev–Trinajstić information content (AvgIpc) is 3.41. The van der Waals surface area contributed by atoms with E-state index in [1.54, 1.807) is 0 Å². The molecule has 0 aliphatic heterocycles. The molecule has 0 saturated heterocycles. The largest absolute Gasteiger partial charge is 0.466 e. The van der Waals surface area contributed by atoms with E-state index in [1.807, 2.05) is 0 Å². The number of carbonyl (C=O) groups excluding carboxylic acids is 2. The van der Waals surface area contributed by atoms with E-state index >= 15 is 0 Å². The summed E-state index contributed by atoms with van der Waals surface area (Å²) < 4.78 is 5.48. The van der Waals surface area contributed by atoms with Crippen molar-refractivity contribution in [1.29, 1.82) is 0 Å². The van der Waals surface area contributed by atoms with Gasteiger partial charge in [-0.25, -0.2) is 0 Å². The van der Waals surface area contributed by atoms with E-state index in [4.69, 9.17) is 4.74 Å². The molecule has 6 heteroatoms. The van der Waals surface area contributed by atoms with Crippen molar-refractivity contribution in [3.63, 3.8) is 0 Å². The first-order chi connectivity index (χ1) is 37.0.